The van der Waals surface area contributed by atoms with Crippen LogP contribution in [0.2, 0.25) is 0 Å². The Morgan fingerprint density at radius 2 is 2.00 bits per heavy atom. The third-order valence-electron chi connectivity index (χ3n) is 0. The molecule has 1 radical (unpaired) electrons. The van der Waals surface area contributed by atoms with Gasteiger partial charge in [0, 0.05) is 0 Å². The van der Waals surface area contributed by atoms with Crippen molar-refractivity contribution in [2.24, 2.45) is 0 Å². The average molecular weight is 75.1 g/mol. The Labute approximate surface area is 26.9 Å². The molecule has 0 aliphatic carbocycles. The zero-order valence-corrected chi connectivity index (χ0v) is 3.48. The van der Waals surface area contributed by atoms with Crippen molar-refractivity contribution in [2.75, 3.05) is 0 Å². The number of hydrogen-bond acceptors (Lipinski definition) is 1. The Morgan fingerprint density at radius 1 is 2.00 bits per heavy atom. The van der Waals surface area contributed by atoms with E-state index in [9.17, 15) is 0 Å². The maximum Gasteiger partial charge on any atom is 0.259 e. The van der Waals surface area contributed by atoms with Crippen molar-refractivity contribution in [2.45, 2.75) is 0 Å². The van der Waals surface area contributed by atoms with Gasteiger partial charge >= 0.3 is 0 Å². The monoisotopic (exact) mass is 75.0 g/mol. The van der Waals surface area contributed by atoms with E-state index < -0.39 is 5.59 Å². The first-order chi connectivity index (χ1) is 1.73. The third kappa shape index (κ3) is 8.12. The Hall–Kier alpha value is -0.313. The van der Waals surface area contributed by atoms with Crippen LogP contribution in [0.4, 0.5) is 4.79 Å². The maximum atomic E-state index is 9.01. The molecule has 0 fully saturated rings. The Bertz CT molecular complexity index is 29.0. The standard InChI is InChI=1S/CH3O2Si/c2-1(3)4/h4H2,(H,2,3). The van der Waals surface area contributed by atoms with E-state index in [1.165, 1.54) is 0 Å². The van der Waals surface area contributed by atoms with Crippen LogP contribution >= 0.6 is 0 Å². The second-order valence-electron chi connectivity index (χ2n) is 0.394. The number of hydrogen-bond donors (Lipinski definition) is 1. The molecule has 0 aliphatic rings. The summed E-state index contributed by atoms with van der Waals surface area (Å²) in [6.45, 7) is 0. The summed E-state index contributed by atoms with van der Waals surface area (Å²) in [5, 5.41) is 7.43. The van der Waals surface area contributed by atoms with Crippen LogP contribution in [0.3, 0.4) is 0 Å². The number of carbonyl (C=O) groups is 1. The van der Waals surface area contributed by atoms with Crippen LogP contribution in [0, 0.1) is 0 Å². The highest BCUT2D eigenvalue weighted by Gasteiger charge is 1.65. The lowest BCUT2D eigenvalue weighted by Crippen LogP contribution is -1.83. The highest BCUT2D eigenvalue weighted by atomic mass is 28.1. The van der Waals surface area contributed by atoms with E-state index in [2.05, 4.69) is 0 Å². The zero-order chi connectivity index (χ0) is 3.58. The molecule has 3 heteroatoms. The van der Waals surface area contributed by atoms with Crippen LogP contribution < -0.4 is 0 Å². The van der Waals surface area contributed by atoms with E-state index in [4.69, 9.17) is 9.90 Å². The predicted molar refractivity (Wildman–Crippen MR) is 16.6 cm³/mol. The number of rotatable bonds is 0. The molecule has 0 aromatic rings. The first-order valence-electron chi connectivity index (χ1n) is 0.781. The average Bonchev–Trinajstić information content (AvgIpc) is 0.811. The van der Waals surface area contributed by atoms with Gasteiger partial charge in [-0.15, -0.1) is 0 Å². The highest BCUT2D eigenvalue weighted by Crippen LogP contribution is 1.41. The number of carboxylic acid groups (broad SMARTS) is 1. The van der Waals surface area contributed by atoms with Crippen molar-refractivity contribution in [3.8, 4) is 0 Å². The molecule has 0 saturated heterocycles. The van der Waals surface area contributed by atoms with Gasteiger partial charge in [0.2, 0.25) is 0 Å². The summed E-state index contributed by atoms with van der Waals surface area (Å²) in [5.41, 5.74) is -0.806. The van der Waals surface area contributed by atoms with Gasteiger partial charge in [0.25, 0.3) is 5.59 Å². The minimum absolute atomic E-state index is 0.806. The summed E-state index contributed by atoms with van der Waals surface area (Å²) in [7, 11) is 0.920. The quantitative estimate of drug-likeness (QED) is 0.386. The zero-order valence-electron chi connectivity index (χ0n) is 2.06. The molecule has 2 nitrogen and oxygen atoms in total. The molecule has 4 heavy (non-hydrogen) atoms. The van der Waals surface area contributed by atoms with Gasteiger partial charge in [0.1, 0.15) is 0 Å². The van der Waals surface area contributed by atoms with Crippen LogP contribution in [-0.4, -0.2) is 20.9 Å². The Kier molecular flexibility index (Phi) is 0.976. The first-order valence-corrected chi connectivity index (χ1v) is 1.49. The molecule has 0 atom stereocenters. The molecule has 0 aliphatic heterocycles. The molecule has 0 unspecified atom stereocenters. The van der Waals surface area contributed by atoms with Crippen molar-refractivity contribution < 1.29 is 9.90 Å². The molecular formula is CH3O2Si. The topological polar surface area (TPSA) is 37.3 Å². The van der Waals surface area contributed by atoms with Crippen molar-refractivity contribution >= 4 is 15.8 Å². The van der Waals surface area contributed by atoms with E-state index in [1.54, 1.807) is 0 Å². The van der Waals surface area contributed by atoms with Gasteiger partial charge in [0.05, 0.1) is 0 Å². The lowest BCUT2D eigenvalue weighted by atomic mass is 11.6. The van der Waals surface area contributed by atoms with Crippen molar-refractivity contribution in [1.82, 2.24) is 0 Å². The third-order valence-corrected chi connectivity index (χ3v) is 0. The SMILES string of the molecule is O=C(O)[SiH2]. The molecule has 0 saturated carbocycles. The van der Waals surface area contributed by atoms with Crippen molar-refractivity contribution in [3.63, 3.8) is 0 Å². The minimum atomic E-state index is -0.806. The summed E-state index contributed by atoms with van der Waals surface area (Å²) < 4.78 is 0. The minimum Gasteiger partial charge on any atom is -0.486 e. The van der Waals surface area contributed by atoms with Gasteiger partial charge in [0.15, 0.2) is 10.2 Å². The molecular weight excluding hydrogens is 72.1 g/mol. The lowest BCUT2D eigenvalue weighted by Gasteiger charge is -1.59. The van der Waals surface area contributed by atoms with Gasteiger partial charge < -0.3 is 5.11 Å². The molecule has 23 valence electrons. The van der Waals surface area contributed by atoms with E-state index >= 15 is 0 Å². The van der Waals surface area contributed by atoms with Crippen LogP contribution in [0.25, 0.3) is 0 Å². The van der Waals surface area contributed by atoms with Gasteiger partial charge in [-0.2, -0.15) is 0 Å². The molecule has 0 heterocycles. The molecule has 0 amide bonds. The van der Waals surface area contributed by atoms with Gasteiger partial charge in [-0.05, 0) is 0 Å². The van der Waals surface area contributed by atoms with Gasteiger partial charge in [-0.3, -0.25) is 4.79 Å². The second-order valence-corrected chi connectivity index (χ2v) is 0.999. The summed E-state index contributed by atoms with van der Waals surface area (Å²) in [6.07, 6.45) is 0. The second kappa shape index (κ2) is 1.06. The summed E-state index contributed by atoms with van der Waals surface area (Å²) in [5.74, 6) is 0. The lowest BCUT2D eigenvalue weighted by molar-refractivity contribution is 0.220. The molecule has 0 aromatic carbocycles. The summed E-state index contributed by atoms with van der Waals surface area (Å²) in [6, 6.07) is 0. The Morgan fingerprint density at radius 3 is 2.00 bits per heavy atom. The van der Waals surface area contributed by atoms with E-state index in [0.29, 0.717) is 0 Å². The van der Waals surface area contributed by atoms with E-state index in [0.717, 1.165) is 10.2 Å². The van der Waals surface area contributed by atoms with Gasteiger partial charge in [-0.25, -0.2) is 0 Å². The predicted octanol–water partition coefficient (Wildman–Crippen LogP) is -0.703. The molecule has 0 bridgehead atoms. The van der Waals surface area contributed by atoms with Crippen LogP contribution in [0.5, 0.6) is 0 Å². The van der Waals surface area contributed by atoms with Crippen molar-refractivity contribution in [1.29, 1.82) is 0 Å². The van der Waals surface area contributed by atoms with Crippen LogP contribution in [0.1, 0.15) is 0 Å². The summed E-state index contributed by atoms with van der Waals surface area (Å²) >= 11 is 0. The smallest absolute Gasteiger partial charge is 0.259 e. The Balaban J connectivity index is 2.80. The van der Waals surface area contributed by atoms with Crippen LogP contribution in [0.15, 0.2) is 0 Å². The fraction of sp³-hybridized carbons (Fsp3) is 0. The normalized spacial score (nSPS) is 6.25. The first kappa shape index (κ1) is 3.69. The molecule has 0 aromatic heterocycles. The molecule has 0 rings (SSSR count). The highest BCUT2D eigenvalue weighted by molar-refractivity contribution is 6.54. The van der Waals surface area contributed by atoms with E-state index in [1.807, 2.05) is 0 Å². The van der Waals surface area contributed by atoms with Crippen molar-refractivity contribution in [3.05, 3.63) is 0 Å². The van der Waals surface area contributed by atoms with Crippen LogP contribution in [-0.2, 0) is 0 Å². The molecule has 0 spiro atoms. The largest absolute Gasteiger partial charge is 0.486 e. The molecule has 1 N–H and O–H groups in total. The summed E-state index contributed by atoms with van der Waals surface area (Å²) in [4.78, 5) is 9.01. The maximum absolute atomic E-state index is 9.01. The van der Waals surface area contributed by atoms with E-state index in [-0.39, 0.29) is 0 Å². The van der Waals surface area contributed by atoms with Gasteiger partial charge in [-0.1, -0.05) is 0 Å². The fourth-order valence-electron chi connectivity index (χ4n) is 0. The fourth-order valence-corrected chi connectivity index (χ4v) is 0.